The van der Waals surface area contributed by atoms with Crippen molar-refractivity contribution in [2.75, 3.05) is 14.2 Å². The number of nitrogens with zero attached hydrogens (tertiary/aromatic N) is 1. The van der Waals surface area contributed by atoms with E-state index in [0.717, 1.165) is 22.4 Å². The van der Waals surface area contributed by atoms with Gasteiger partial charge in [0.2, 0.25) is 5.78 Å². The number of rotatable bonds is 4. The number of ketones is 1. The predicted molar refractivity (Wildman–Crippen MR) is 69.6 cm³/mol. The molecular weight excluding hydrogens is 230 g/mol. The smallest absolute Gasteiger partial charge is 0.289 e. The van der Waals surface area contributed by atoms with Crippen LogP contribution in [0.15, 0.2) is 12.1 Å². The van der Waals surface area contributed by atoms with Crippen LogP contribution >= 0.6 is 0 Å². The van der Waals surface area contributed by atoms with Crippen LogP contribution in [0.4, 0.5) is 0 Å². The standard InChI is InChI=1S/C14H19NO3/c1-9-6-10(2)12(13(7-9)18-5)8-15(4)14(17)11(3)16/h6-7H,8H2,1-5H3. The van der Waals surface area contributed by atoms with Gasteiger partial charge < -0.3 is 9.64 Å². The molecule has 4 heteroatoms. The summed E-state index contributed by atoms with van der Waals surface area (Å²) in [6, 6.07) is 3.96. The van der Waals surface area contributed by atoms with Gasteiger partial charge in [0.15, 0.2) is 0 Å². The number of hydrogen-bond acceptors (Lipinski definition) is 3. The molecule has 0 atom stereocenters. The van der Waals surface area contributed by atoms with Crippen molar-refractivity contribution in [1.82, 2.24) is 4.90 Å². The molecule has 1 aromatic rings. The molecule has 0 heterocycles. The molecule has 0 N–H and O–H groups in total. The van der Waals surface area contributed by atoms with Crippen molar-refractivity contribution in [2.24, 2.45) is 0 Å². The Hall–Kier alpha value is -1.84. The van der Waals surface area contributed by atoms with E-state index in [9.17, 15) is 9.59 Å². The normalized spacial score (nSPS) is 10.1. The quantitative estimate of drug-likeness (QED) is 0.765. The molecule has 0 spiro atoms. The fourth-order valence-corrected chi connectivity index (χ4v) is 1.92. The van der Waals surface area contributed by atoms with E-state index in [2.05, 4.69) is 0 Å². The number of amides is 1. The van der Waals surface area contributed by atoms with Crippen molar-refractivity contribution in [3.8, 4) is 5.75 Å². The number of likely N-dealkylation sites (N-methyl/N-ethyl adjacent to an activating group) is 1. The third kappa shape index (κ3) is 3.09. The maximum atomic E-state index is 11.6. The first-order valence-corrected chi connectivity index (χ1v) is 5.77. The van der Waals surface area contributed by atoms with Gasteiger partial charge in [0.1, 0.15) is 5.75 Å². The molecule has 4 nitrogen and oxygen atoms in total. The first-order chi connectivity index (χ1) is 8.36. The van der Waals surface area contributed by atoms with Gasteiger partial charge in [0, 0.05) is 26.1 Å². The summed E-state index contributed by atoms with van der Waals surface area (Å²) in [5.74, 6) is -0.200. The lowest BCUT2D eigenvalue weighted by Gasteiger charge is -2.19. The van der Waals surface area contributed by atoms with Gasteiger partial charge in [-0.2, -0.15) is 0 Å². The second-order valence-corrected chi connectivity index (χ2v) is 4.48. The number of methoxy groups -OCH3 is 1. The van der Waals surface area contributed by atoms with Crippen LogP contribution in [0.2, 0.25) is 0 Å². The number of hydrogen-bond donors (Lipinski definition) is 0. The lowest BCUT2D eigenvalue weighted by atomic mass is 10.0. The number of ether oxygens (including phenoxy) is 1. The van der Waals surface area contributed by atoms with Crippen molar-refractivity contribution in [2.45, 2.75) is 27.3 Å². The maximum Gasteiger partial charge on any atom is 0.289 e. The molecule has 1 aromatic carbocycles. The second-order valence-electron chi connectivity index (χ2n) is 4.48. The molecule has 0 saturated heterocycles. The minimum absolute atomic E-state index is 0.369. The van der Waals surface area contributed by atoms with Gasteiger partial charge in [-0.25, -0.2) is 0 Å². The van der Waals surface area contributed by atoms with Crippen LogP contribution in [0, 0.1) is 13.8 Å². The van der Waals surface area contributed by atoms with Crippen LogP contribution in [0.5, 0.6) is 5.75 Å². The Balaban J connectivity index is 3.04. The Morgan fingerprint density at radius 2 is 1.89 bits per heavy atom. The molecule has 0 bridgehead atoms. The number of Topliss-reactive ketones (excluding diaryl/α,β-unsaturated/α-hetero) is 1. The zero-order valence-electron chi connectivity index (χ0n) is 11.5. The van der Waals surface area contributed by atoms with Gasteiger partial charge in [-0.05, 0) is 31.0 Å². The molecule has 18 heavy (non-hydrogen) atoms. The van der Waals surface area contributed by atoms with Gasteiger partial charge in [0.25, 0.3) is 5.91 Å². The van der Waals surface area contributed by atoms with Crippen LogP contribution in [0.3, 0.4) is 0 Å². The van der Waals surface area contributed by atoms with Crippen molar-refractivity contribution in [3.63, 3.8) is 0 Å². The van der Waals surface area contributed by atoms with Gasteiger partial charge in [-0.3, -0.25) is 9.59 Å². The summed E-state index contributed by atoms with van der Waals surface area (Å²) in [6.45, 7) is 5.60. The molecule has 0 aromatic heterocycles. The van der Waals surface area contributed by atoms with E-state index in [0.29, 0.717) is 6.54 Å². The molecule has 1 amide bonds. The van der Waals surface area contributed by atoms with Crippen molar-refractivity contribution >= 4 is 11.7 Å². The van der Waals surface area contributed by atoms with E-state index in [1.165, 1.54) is 11.8 Å². The number of aryl methyl sites for hydroxylation is 2. The SMILES string of the molecule is COc1cc(C)cc(C)c1CN(C)C(=O)C(C)=O. The molecule has 1 rings (SSSR count). The topological polar surface area (TPSA) is 46.6 Å². The number of benzene rings is 1. The van der Waals surface area contributed by atoms with Crippen LogP contribution in [-0.4, -0.2) is 30.7 Å². The molecule has 0 unspecified atom stereocenters. The van der Waals surface area contributed by atoms with E-state index in [1.807, 2.05) is 26.0 Å². The van der Waals surface area contributed by atoms with Crippen LogP contribution in [-0.2, 0) is 16.1 Å². The van der Waals surface area contributed by atoms with Crippen molar-refractivity contribution in [3.05, 3.63) is 28.8 Å². The van der Waals surface area contributed by atoms with E-state index in [-0.39, 0.29) is 0 Å². The van der Waals surface area contributed by atoms with Crippen LogP contribution < -0.4 is 4.74 Å². The number of carbonyl (C=O) groups excluding carboxylic acids is 2. The Bertz CT molecular complexity index is 480. The Labute approximate surface area is 108 Å². The third-order valence-electron chi connectivity index (χ3n) is 2.84. The van der Waals surface area contributed by atoms with Gasteiger partial charge in [0.05, 0.1) is 7.11 Å². The minimum atomic E-state index is -0.489. The van der Waals surface area contributed by atoms with E-state index < -0.39 is 11.7 Å². The summed E-state index contributed by atoms with van der Waals surface area (Å²) in [5.41, 5.74) is 3.09. The summed E-state index contributed by atoms with van der Waals surface area (Å²) in [4.78, 5) is 24.0. The van der Waals surface area contributed by atoms with Gasteiger partial charge >= 0.3 is 0 Å². The third-order valence-corrected chi connectivity index (χ3v) is 2.84. The highest BCUT2D eigenvalue weighted by Crippen LogP contribution is 2.25. The molecule has 98 valence electrons. The van der Waals surface area contributed by atoms with E-state index in [1.54, 1.807) is 14.2 Å². The van der Waals surface area contributed by atoms with Crippen LogP contribution in [0.25, 0.3) is 0 Å². The first-order valence-electron chi connectivity index (χ1n) is 5.77. The Morgan fingerprint density at radius 3 is 2.39 bits per heavy atom. The fraction of sp³-hybridized carbons (Fsp3) is 0.429. The van der Waals surface area contributed by atoms with Crippen LogP contribution in [0.1, 0.15) is 23.6 Å². The average Bonchev–Trinajstić information content (AvgIpc) is 2.30. The summed E-state index contributed by atoms with van der Waals surface area (Å²) < 4.78 is 5.33. The first kappa shape index (κ1) is 14.2. The summed E-state index contributed by atoms with van der Waals surface area (Å²) in [5, 5.41) is 0. The molecule has 0 aliphatic rings. The van der Waals surface area contributed by atoms with Gasteiger partial charge in [-0.15, -0.1) is 0 Å². The largest absolute Gasteiger partial charge is 0.496 e. The Morgan fingerprint density at radius 1 is 1.28 bits per heavy atom. The number of carbonyl (C=O) groups is 2. The molecule has 0 aliphatic carbocycles. The predicted octanol–water partition coefficient (Wildman–Crippen LogP) is 1.86. The van der Waals surface area contributed by atoms with E-state index >= 15 is 0 Å². The molecule has 0 saturated carbocycles. The summed E-state index contributed by atoms with van der Waals surface area (Å²) >= 11 is 0. The van der Waals surface area contributed by atoms with E-state index in [4.69, 9.17) is 4.74 Å². The lowest BCUT2D eigenvalue weighted by Crippen LogP contribution is -2.31. The highest BCUT2D eigenvalue weighted by atomic mass is 16.5. The van der Waals surface area contributed by atoms with Gasteiger partial charge in [-0.1, -0.05) is 6.07 Å². The zero-order valence-corrected chi connectivity index (χ0v) is 11.5. The maximum absolute atomic E-state index is 11.6. The Kier molecular flexibility index (Phi) is 4.48. The molecule has 0 aliphatic heterocycles. The molecule has 0 radical (unpaired) electrons. The lowest BCUT2D eigenvalue weighted by molar-refractivity contribution is -0.143. The zero-order chi connectivity index (χ0) is 13.9. The van der Waals surface area contributed by atoms with Crippen molar-refractivity contribution in [1.29, 1.82) is 0 Å². The molecular formula is C14H19NO3. The summed E-state index contributed by atoms with van der Waals surface area (Å²) in [6.07, 6.45) is 0. The fourth-order valence-electron chi connectivity index (χ4n) is 1.92. The minimum Gasteiger partial charge on any atom is -0.496 e. The summed E-state index contributed by atoms with van der Waals surface area (Å²) in [7, 11) is 3.22. The highest BCUT2D eigenvalue weighted by molar-refractivity contribution is 6.34. The monoisotopic (exact) mass is 249 g/mol. The molecule has 0 fully saturated rings. The average molecular weight is 249 g/mol. The second kappa shape index (κ2) is 5.67. The highest BCUT2D eigenvalue weighted by Gasteiger charge is 2.17. The van der Waals surface area contributed by atoms with Crippen molar-refractivity contribution < 1.29 is 14.3 Å².